The van der Waals surface area contributed by atoms with E-state index in [0.29, 0.717) is 74.3 Å². The number of carbonyl (C=O) groups is 2. The van der Waals surface area contributed by atoms with Gasteiger partial charge in [-0.2, -0.15) is 18.9 Å². The van der Waals surface area contributed by atoms with Crippen molar-refractivity contribution in [3.63, 3.8) is 0 Å². The molecule has 2 aliphatic heterocycles. The summed E-state index contributed by atoms with van der Waals surface area (Å²) >= 11 is 0.992. The fourth-order valence-corrected chi connectivity index (χ4v) is 9.30. The van der Waals surface area contributed by atoms with Gasteiger partial charge in [0.05, 0.1) is 52.7 Å². The maximum absolute atomic E-state index is 13.7. The molecular formula is C43H39FN16O8S. The van der Waals surface area contributed by atoms with E-state index in [9.17, 15) is 34.4 Å². The van der Waals surface area contributed by atoms with Gasteiger partial charge in [-0.05, 0) is 55.0 Å². The third kappa shape index (κ3) is 7.55. The van der Waals surface area contributed by atoms with E-state index in [-0.39, 0.29) is 22.9 Å². The molecule has 26 heteroatoms. The highest BCUT2D eigenvalue weighted by atomic mass is 32.1. The van der Waals surface area contributed by atoms with Crippen LogP contribution < -0.4 is 22.1 Å². The molecule has 2 saturated heterocycles. The van der Waals surface area contributed by atoms with Gasteiger partial charge < -0.3 is 61.1 Å². The molecule has 2 fully saturated rings. The number of halogens is 1. The number of hydrogen-bond acceptors (Lipinski definition) is 19. The number of ether oxygens (including phenoxy) is 2. The van der Waals surface area contributed by atoms with E-state index in [2.05, 4.69) is 39.3 Å². The van der Waals surface area contributed by atoms with Gasteiger partial charge in [-0.3, -0.25) is 19.0 Å². The van der Waals surface area contributed by atoms with Crippen LogP contribution in [0.2, 0.25) is 0 Å². The van der Waals surface area contributed by atoms with Crippen molar-refractivity contribution >= 4 is 79.7 Å². The predicted molar refractivity (Wildman–Crippen MR) is 244 cm³/mol. The van der Waals surface area contributed by atoms with Crippen LogP contribution in [0.4, 0.5) is 27.4 Å². The molecule has 0 bridgehead atoms. The van der Waals surface area contributed by atoms with Crippen molar-refractivity contribution in [3.05, 3.63) is 97.4 Å². The quantitative estimate of drug-likeness (QED) is 0.0915. The number of nitrogen functional groups attached to an aromatic ring is 2. The molecule has 0 radical (unpaired) electrons. The molecule has 24 nitrogen and oxygen atoms in total. The number of nitrogens with one attached hydrogen (secondary N) is 2. The van der Waals surface area contributed by atoms with Crippen LogP contribution in [0, 0.1) is 12.7 Å². The molecular weight excluding hydrogens is 920 g/mol. The first-order chi connectivity index (χ1) is 33.3. The first-order valence-electron chi connectivity index (χ1n) is 21.2. The molecule has 2 aliphatic rings. The van der Waals surface area contributed by atoms with E-state index in [1.54, 1.807) is 71.4 Å². The topological polar surface area (TPSA) is 332 Å². The summed E-state index contributed by atoms with van der Waals surface area (Å²) in [6.45, 7) is 2.30. The molecule has 0 saturated carbocycles. The summed E-state index contributed by atoms with van der Waals surface area (Å²) in [7, 11) is 0. The van der Waals surface area contributed by atoms with Gasteiger partial charge in [0.25, 0.3) is 11.8 Å². The highest BCUT2D eigenvalue weighted by Gasteiger charge is 2.49. The smallest absolute Gasteiger partial charge is 0.256 e. The fourth-order valence-electron chi connectivity index (χ4n) is 8.75. The lowest BCUT2D eigenvalue weighted by Gasteiger charge is -2.17. The van der Waals surface area contributed by atoms with Crippen molar-refractivity contribution in [2.75, 3.05) is 22.1 Å². The number of aromatic nitrogens is 12. The van der Waals surface area contributed by atoms with Crippen LogP contribution in [0.3, 0.4) is 0 Å². The Labute approximate surface area is 390 Å². The standard InChI is InChI=1S/C43H39FN16O8S/c1-18-13-19(44)5-6-22(18)51-40(65)34-30(61)32(63)42(67-34)59-14-20(27-36(45)47-16-49-38(27)59)23-7-9-57(53-23)11-12-58-10-8-24(54-58)21-15-60(39-28(21)37(46)48-17-50-39)43-33(64)31(62)35(68-43)41(66)52-25-3-2-4-26-29(25)56-69-55-26/h2-10,13-17,30-35,42-43,61-64H,11-12H2,1H3,(H,51,65)(H,52,66)(H2,45,47,49)(H2,46,48,50)/t30-,31-,32+,33+,34-,35-,42+,43+/m0/s1. The molecule has 69 heavy (non-hydrogen) atoms. The van der Waals surface area contributed by atoms with Gasteiger partial charge in [0.15, 0.2) is 24.7 Å². The number of aryl methyl sites for hydroxylation is 3. The second kappa shape index (κ2) is 17.0. The van der Waals surface area contributed by atoms with Gasteiger partial charge in [-0.1, -0.05) is 6.07 Å². The fraction of sp³-hybridized carbons (Fsp3) is 0.256. The Morgan fingerprint density at radius 3 is 1.78 bits per heavy atom. The van der Waals surface area contributed by atoms with Crippen molar-refractivity contribution in [2.24, 2.45) is 0 Å². The van der Waals surface area contributed by atoms with E-state index >= 15 is 0 Å². The molecule has 2 aromatic carbocycles. The number of hydrogen-bond donors (Lipinski definition) is 8. The molecule has 9 heterocycles. The van der Waals surface area contributed by atoms with Crippen molar-refractivity contribution in [1.82, 2.24) is 57.4 Å². The lowest BCUT2D eigenvalue weighted by atomic mass is 10.1. The monoisotopic (exact) mass is 958 g/mol. The van der Waals surface area contributed by atoms with Crippen LogP contribution in [-0.4, -0.2) is 126 Å². The van der Waals surface area contributed by atoms with Crippen LogP contribution >= 0.6 is 11.7 Å². The Morgan fingerprint density at radius 1 is 0.710 bits per heavy atom. The number of aliphatic hydroxyl groups is 4. The van der Waals surface area contributed by atoms with Crippen LogP contribution in [-0.2, 0) is 32.2 Å². The lowest BCUT2D eigenvalue weighted by Crippen LogP contribution is -2.39. The average Bonchev–Trinajstić information content (AvgIpc) is 4.21. The van der Waals surface area contributed by atoms with Crippen molar-refractivity contribution in [3.8, 4) is 22.5 Å². The highest BCUT2D eigenvalue weighted by Crippen LogP contribution is 2.40. The zero-order valence-electron chi connectivity index (χ0n) is 35.8. The number of benzene rings is 2. The number of rotatable bonds is 11. The molecule has 0 unspecified atom stereocenters. The zero-order chi connectivity index (χ0) is 47.8. The van der Waals surface area contributed by atoms with Crippen molar-refractivity contribution < 1.29 is 43.9 Å². The first-order valence-corrected chi connectivity index (χ1v) is 22.0. The van der Waals surface area contributed by atoms with Crippen LogP contribution in [0.1, 0.15) is 18.0 Å². The third-order valence-electron chi connectivity index (χ3n) is 12.2. The summed E-state index contributed by atoms with van der Waals surface area (Å²) in [5, 5.41) is 60.2. The van der Waals surface area contributed by atoms with E-state index < -0.39 is 66.7 Å². The normalized spacial score (nSPS) is 22.6. The van der Waals surface area contributed by atoms with Gasteiger partial charge in [-0.25, -0.2) is 24.3 Å². The minimum atomic E-state index is -1.63. The second-order valence-electron chi connectivity index (χ2n) is 16.5. The van der Waals surface area contributed by atoms with Gasteiger partial charge in [-0.15, -0.1) is 0 Å². The maximum Gasteiger partial charge on any atom is 0.256 e. The van der Waals surface area contributed by atoms with Gasteiger partial charge >= 0.3 is 0 Å². The largest absolute Gasteiger partial charge is 0.387 e. The SMILES string of the molecule is Cc1cc(F)ccc1NC(=O)[C@H]1O[C@@H](n2cc(-c3ccn(CCn4ccc(-c5cn([C@@H]6O[C@H](C(=O)Nc7cccc8nsnc78)[C@@H](O)[C@H]6O)c6ncnc(N)c56)n4)n3)c3c(N)ncnc32)[C@H](O)[C@@H]1O. The number of carbonyl (C=O) groups excluding carboxylic acids is 2. The van der Waals surface area contributed by atoms with E-state index in [4.69, 9.17) is 31.1 Å². The summed E-state index contributed by atoms with van der Waals surface area (Å²) in [4.78, 5) is 43.9. The number of fused-ring (bicyclic) bond motifs is 3. The average molecular weight is 959 g/mol. The first kappa shape index (κ1) is 43.7. The molecule has 8 atom stereocenters. The molecule has 10 N–H and O–H groups in total. The molecule has 7 aromatic heterocycles. The number of nitrogens with two attached hydrogens (primary N) is 2. The summed E-state index contributed by atoms with van der Waals surface area (Å²) in [6, 6.07) is 12.5. The molecule has 2 amide bonds. The maximum atomic E-state index is 13.7. The summed E-state index contributed by atoms with van der Waals surface area (Å²) in [5.41, 5.74) is 17.4. The van der Waals surface area contributed by atoms with Gasteiger partial charge in [0.1, 0.15) is 76.9 Å². The second-order valence-corrected chi connectivity index (χ2v) is 17.0. The molecule has 352 valence electrons. The lowest BCUT2D eigenvalue weighted by molar-refractivity contribution is -0.132. The van der Waals surface area contributed by atoms with Crippen molar-refractivity contribution in [2.45, 2.75) is 69.1 Å². The van der Waals surface area contributed by atoms with Crippen molar-refractivity contribution in [1.29, 1.82) is 0 Å². The summed E-state index contributed by atoms with van der Waals surface area (Å²) in [5.74, 6) is -1.68. The van der Waals surface area contributed by atoms with Crippen LogP contribution in [0.15, 0.2) is 86.0 Å². The minimum Gasteiger partial charge on any atom is -0.387 e. The number of anilines is 4. The Balaban J connectivity index is 0.806. The van der Waals surface area contributed by atoms with E-state index in [1.165, 1.54) is 40.0 Å². The zero-order valence-corrected chi connectivity index (χ0v) is 36.7. The number of aliphatic hydroxyl groups excluding tert-OH is 4. The highest BCUT2D eigenvalue weighted by molar-refractivity contribution is 7.00. The molecule has 11 rings (SSSR count). The summed E-state index contributed by atoms with van der Waals surface area (Å²) in [6.07, 6.45) is -2.61. The van der Waals surface area contributed by atoms with Gasteiger partial charge in [0, 0.05) is 41.6 Å². The third-order valence-corrected chi connectivity index (χ3v) is 12.7. The predicted octanol–water partition coefficient (Wildman–Crippen LogP) is 1.74. The van der Waals surface area contributed by atoms with Crippen LogP contribution in [0.5, 0.6) is 0 Å². The summed E-state index contributed by atoms with van der Waals surface area (Å²) < 4.78 is 40.5. The molecule has 0 aliphatic carbocycles. The molecule has 0 spiro atoms. The van der Waals surface area contributed by atoms with E-state index in [1.807, 2.05) is 0 Å². The minimum absolute atomic E-state index is 0.114. The molecule has 9 aromatic rings. The Kier molecular flexibility index (Phi) is 10.8. The van der Waals surface area contributed by atoms with E-state index in [0.717, 1.165) is 11.7 Å². The van der Waals surface area contributed by atoms with Crippen LogP contribution in [0.25, 0.3) is 55.6 Å². The number of nitrogens with zero attached hydrogens (tertiary/aromatic N) is 12. The Morgan fingerprint density at radius 2 is 1.25 bits per heavy atom. The Bertz CT molecular complexity index is 3460. The Hall–Kier alpha value is -7.85. The number of amides is 2. The van der Waals surface area contributed by atoms with Gasteiger partial charge in [0.2, 0.25) is 0 Å².